The lowest BCUT2D eigenvalue weighted by Crippen LogP contribution is -2.22. The van der Waals surface area contributed by atoms with Crippen molar-refractivity contribution in [2.75, 3.05) is 12.4 Å². The van der Waals surface area contributed by atoms with Crippen molar-refractivity contribution in [1.82, 2.24) is 10.3 Å². The molecule has 2 rings (SSSR count). The number of pyridine rings is 1. The van der Waals surface area contributed by atoms with Gasteiger partial charge in [-0.05, 0) is 30.7 Å². The SMILES string of the molecule is CCc1ccc(CNC(=O)c2ccnc(NC)c2)s1. The maximum absolute atomic E-state index is 12.0. The summed E-state index contributed by atoms with van der Waals surface area (Å²) in [5.41, 5.74) is 0.617. The number of aromatic nitrogens is 1. The van der Waals surface area contributed by atoms with Crippen molar-refractivity contribution < 1.29 is 4.79 Å². The van der Waals surface area contributed by atoms with Gasteiger partial charge in [0, 0.05) is 28.6 Å². The molecule has 0 aliphatic heterocycles. The quantitative estimate of drug-likeness (QED) is 0.882. The summed E-state index contributed by atoms with van der Waals surface area (Å²) < 4.78 is 0. The molecule has 2 aromatic heterocycles. The Kier molecular flexibility index (Phi) is 4.52. The van der Waals surface area contributed by atoms with Crippen LogP contribution >= 0.6 is 11.3 Å². The topological polar surface area (TPSA) is 54.0 Å². The van der Waals surface area contributed by atoms with Crippen LogP contribution in [-0.2, 0) is 13.0 Å². The van der Waals surface area contributed by atoms with Crippen LogP contribution in [0.2, 0.25) is 0 Å². The minimum absolute atomic E-state index is 0.0784. The number of rotatable bonds is 5. The predicted molar refractivity (Wildman–Crippen MR) is 78.7 cm³/mol. The third-order valence-corrected chi connectivity index (χ3v) is 4.00. The molecule has 0 aliphatic rings. The van der Waals surface area contributed by atoms with Crippen molar-refractivity contribution in [2.24, 2.45) is 0 Å². The number of carbonyl (C=O) groups is 1. The summed E-state index contributed by atoms with van der Waals surface area (Å²) in [6.45, 7) is 2.70. The van der Waals surface area contributed by atoms with Crippen molar-refractivity contribution in [3.8, 4) is 0 Å². The molecule has 2 aromatic rings. The van der Waals surface area contributed by atoms with Gasteiger partial charge in [0.1, 0.15) is 5.82 Å². The Hall–Kier alpha value is -1.88. The average Bonchev–Trinajstić information content (AvgIpc) is 2.93. The Bertz CT molecular complexity index is 565. The van der Waals surface area contributed by atoms with E-state index in [1.807, 2.05) is 0 Å². The van der Waals surface area contributed by atoms with Gasteiger partial charge in [-0.1, -0.05) is 6.92 Å². The molecule has 1 amide bonds. The van der Waals surface area contributed by atoms with Crippen LogP contribution in [0.4, 0.5) is 5.82 Å². The molecule has 4 nitrogen and oxygen atoms in total. The second-order valence-electron chi connectivity index (χ2n) is 4.08. The molecular formula is C14H17N3OS. The number of carbonyl (C=O) groups excluding carboxylic acids is 1. The van der Waals surface area contributed by atoms with Crippen LogP contribution < -0.4 is 10.6 Å². The standard InChI is InChI=1S/C14H17N3OS/c1-3-11-4-5-12(19-11)9-17-14(18)10-6-7-16-13(8-10)15-2/h4-8H,3,9H2,1-2H3,(H,15,16)(H,17,18). The Labute approximate surface area is 116 Å². The number of anilines is 1. The maximum atomic E-state index is 12.0. The van der Waals surface area contributed by atoms with Crippen molar-refractivity contribution in [3.05, 3.63) is 45.8 Å². The first-order valence-corrected chi connectivity index (χ1v) is 7.04. The molecule has 0 unspecified atom stereocenters. The summed E-state index contributed by atoms with van der Waals surface area (Å²) in [7, 11) is 1.78. The monoisotopic (exact) mass is 275 g/mol. The summed E-state index contributed by atoms with van der Waals surface area (Å²) in [4.78, 5) is 18.6. The van der Waals surface area contributed by atoms with E-state index < -0.39 is 0 Å². The minimum Gasteiger partial charge on any atom is -0.373 e. The van der Waals surface area contributed by atoms with Gasteiger partial charge in [-0.3, -0.25) is 4.79 Å². The lowest BCUT2D eigenvalue weighted by Gasteiger charge is -2.05. The molecule has 19 heavy (non-hydrogen) atoms. The maximum Gasteiger partial charge on any atom is 0.251 e. The molecule has 0 fully saturated rings. The molecule has 0 atom stereocenters. The highest BCUT2D eigenvalue weighted by molar-refractivity contribution is 7.11. The number of amides is 1. The van der Waals surface area contributed by atoms with Gasteiger partial charge in [-0.2, -0.15) is 0 Å². The average molecular weight is 275 g/mol. The fourth-order valence-electron chi connectivity index (χ4n) is 1.69. The van der Waals surface area contributed by atoms with E-state index in [4.69, 9.17) is 0 Å². The van der Waals surface area contributed by atoms with Crippen LogP contribution in [-0.4, -0.2) is 17.9 Å². The van der Waals surface area contributed by atoms with Crippen LogP contribution in [0.5, 0.6) is 0 Å². The number of hydrogen-bond donors (Lipinski definition) is 2. The second kappa shape index (κ2) is 6.33. The first kappa shape index (κ1) is 13.5. The molecule has 0 aliphatic carbocycles. The number of aryl methyl sites for hydroxylation is 1. The van der Waals surface area contributed by atoms with Crippen molar-refractivity contribution in [2.45, 2.75) is 19.9 Å². The highest BCUT2D eigenvalue weighted by Gasteiger charge is 2.07. The van der Waals surface area contributed by atoms with Crippen LogP contribution in [0.3, 0.4) is 0 Å². The molecule has 0 bridgehead atoms. The summed E-state index contributed by atoms with van der Waals surface area (Å²) in [5.74, 6) is 0.613. The van der Waals surface area contributed by atoms with Gasteiger partial charge in [0.05, 0.1) is 6.54 Å². The second-order valence-corrected chi connectivity index (χ2v) is 5.34. The minimum atomic E-state index is -0.0784. The van der Waals surface area contributed by atoms with Crippen LogP contribution in [0.25, 0.3) is 0 Å². The van der Waals surface area contributed by atoms with Crippen molar-refractivity contribution in [3.63, 3.8) is 0 Å². The third-order valence-electron chi connectivity index (χ3n) is 2.77. The van der Waals surface area contributed by atoms with E-state index in [0.717, 1.165) is 6.42 Å². The van der Waals surface area contributed by atoms with Crippen molar-refractivity contribution in [1.29, 1.82) is 0 Å². The Balaban J connectivity index is 1.96. The molecular weight excluding hydrogens is 258 g/mol. The Morgan fingerprint density at radius 3 is 2.79 bits per heavy atom. The fourth-order valence-corrected chi connectivity index (χ4v) is 2.58. The van der Waals surface area contributed by atoms with E-state index in [1.54, 1.807) is 36.7 Å². The molecule has 100 valence electrons. The predicted octanol–water partition coefficient (Wildman–Crippen LogP) is 2.68. The van der Waals surface area contributed by atoms with Gasteiger partial charge in [0.15, 0.2) is 0 Å². The summed E-state index contributed by atoms with van der Waals surface area (Å²) in [5, 5.41) is 5.84. The highest BCUT2D eigenvalue weighted by atomic mass is 32.1. The van der Waals surface area contributed by atoms with E-state index in [0.29, 0.717) is 17.9 Å². The normalized spacial score (nSPS) is 10.2. The third kappa shape index (κ3) is 3.54. The molecule has 0 spiro atoms. The van der Waals surface area contributed by atoms with Gasteiger partial charge in [0.25, 0.3) is 5.91 Å². The van der Waals surface area contributed by atoms with Gasteiger partial charge < -0.3 is 10.6 Å². The smallest absolute Gasteiger partial charge is 0.251 e. The molecule has 5 heteroatoms. The van der Waals surface area contributed by atoms with Crippen LogP contribution in [0.15, 0.2) is 30.5 Å². The first-order valence-electron chi connectivity index (χ1n) is 6.22. The van der Waals surface area contributed by atoms with E-state index in [1.165, 1.54) is 9.75 Å². The lowest BCUT2D eigenvalue weighted by atomic mass is 10.2. The van der Waals surface area contributed by atoms with E-state index in [2.05, 4.69) is 34.7 Å². The molecule has 0 saturated carbocycles. The molecule has 0 radical (unpaired) electrons. The Morgan fingerprint density at radius 2 is 2.11 bits per heavy atom. The van der Waals surface area contributed by atoms with Gasteiger partial charge in [-0.25, -0.2) is 4.98 Å². The number of hydrogen-bond acceptors (Lipinski definition) is 4. The zero-order valence-electron chi connectivity index (χ0n) is 11.1. The Morgan fingerprint density at radius 1 is 1.32 bits per heavy atom. The molecule has 2 N–H and O–H groups in total. The largest absolute Gasteiger partial charge is 0.373 e. The number of thiophene rings is 1. The molecule has 2 heterocycles. The number of nitrogens with one attached hydrogen (secondary N) is 2. The van der Waals surface area contributed by atoms with Gasteiger partial charge in [0.2, 0.25) is 0 Å². The molecule has 0 aromatic carbocycles. The van der Waals surface area contributed by atoms with Gasteiger partial charge in [-0.15, -0.1) is 11.3 Å². The van der Waals surface area contributed by atoms with E-state index in [9.17, 15) is 4.79 Å². The summed E-state index contributed by atoms with van der Waals surface area (Å²) in [6, 6.07) is 7.62. The zero-order valence-corrected chi connectivity index (χ0v) is 11.9. The van der Waals surface area contributed by atoms with Crippen LogP contribution in [0, 0.1) is 0 Å². The summed E-state index contributed by atoms with van der Waals surface area (Å²) in [6.07, 6.45) is 2.66. The summed E-state index contributed by atoms with van der Waals surface area (Å²) >= 11 is 1.74. The van der Waals surface area contributed by atoms with E-state index >= 15 is 0 Å². The zero-order chi connectivity index (χ0) is 13.7. The first-order chi connectivity index (χ1) is 9.22. The highest BCUT2D eigenvalue weighted by Crippen LogP contribution is 2.16. The fraction of sp³-hybridized carbons (Fsp3) is 0.286. The molecule has 0 saturated heterocycles. The van der Waals surface area contributed by atoms with Gasteiger partial charge >= 0.3 is 0 Å². The van der Waals surface area contributed by atoms with E-state index in [-0.39, 0.29) is 5.91 Å². The van der Waals surface area contributed by atoms with Crippen LogP contribution in [0.1, 0.15) is 27.0 Å². The lowest BCUT2D eigenvalue weighted by molar-refractivity contribution is 0.0951. The number of nitrogens with zero attached hydrogens (tertiary/aromatic N) is 1. The van der Waals surface area contributed by atoms with Crippen molar-refractivity contribution >= 4 is 23.1 Å².